The Morgan fingerprint density at radius 2 is 0.675 bits per heavy atom. The van der Waals surface area contributed by atoms with Crippen LogP contribution in [0.1, 0.15) is 112 Å². The van der Waals surface area contributed by atoms with Gasteiger partial charge in [-0.1, -0.05) is 329 Å². The van der Waals surface area contributed by atoms with E-state index in [2.05, 4.69) is 407 Å². The van der Waals surface area contributed by atoms with Gasteiger partial charge in [-0.25, -0.2) is 0 Å². The number of hydrogen-bond acceptors (Lipinski definition) is 2. The molecule has 0 fully saturated rings. The third-order valence-corrected chi connectivity index (χ3v) is 27.0. The minimum Gasteiger partial charge on any atom is -0.342 e. The number of fused-ring (bicyclic) bond motifs is 16. The Balaban J connectivity index is 0.823. The van der Waals surface area contributed by atoms with Gasteiger partial charge in [-0.2, -0.15) is 0 Å². The summed E-state index contributed by atoms with van der Waals surface area (Å²) in [5, 5.41) is 7.16. The molecule has 0 atom stereocenters. The average molecular weight is 1630 g/mol. The number of aromatic nitrogens is 4. The summed E-state index contributed by atoms with van der Waals surface area (Å²) < 4.78 is 85.6. The SMILES string of the molecule is [2H]c1c([2H])c([2H])c2c(c1[2H])c1c([2H])c([2H])c([2H])c([2H])c1n2-c1ccc2c(c1)N(CCc1cc(-c3ccccc3)cc(-c3ccccc3)c1)c1cc(Cn3c4ccccc4c4cc(-n5c6ccccc6c6ccccc65)ccc43)cc3c1B2c1ccc(Cn2c4ccc(C(C)(C)C)cc4c4cc(C(C)(C)C)ccc42)cc1N3Cc1c(-c2ccccc2)cc(C(C)(C)C)cc1-c1ccccc1. The Bertz CT molecular complexity index is 8140. The van der Waals surface area contributed by atoms with Crippen molar-refractivity contribution in [2.24, 2.45) is 0 Å². The Labute approximate surface area is 749 Å². The van der Waals surface area contributed by atoms with Gasteiger partial charge in [-0.3, -0.25) is 0 Å². The number of para-hydroxylation sites is 5. The lowest BCUT2D eigenvalue weighted by atomic mass is 9.33. The standard InChI is InChI=1S/C119H99BN6/c1-117(2,3)86-51-57-105-98(68-86)99-69-87(118(4,5)6)52-58-106(99)122(105)74-78-50-55-102-112(64-78)124(76-101-96(82-36-18-12-19-37-82)70-88(119(7,8)9)71-97(101)83-38-20-13-21-39-83)115-66-79(75-123-104-45-27-22-44-95(104)100-72-89(54-59-107(100)123)125-108-46-28-23-40-91(108)92-41-24-29-47-109(92)125)65-114-116(115)120(102)103-56-53-90(126-110-48-30-25-42-93(110)94-43-26-31-49-111(94)126)73-113(103)121(114)61-60-77-62-84(80-32-14-10-15-33-80)67-85(63-77)81-34-16-11-17-35-81/h10-59,62-73H,60-61,74-76H2,1-9H3/i25D,26D,30D,31D,42D,43D,48D,49D. The van der Waals surface area contributed by atoms with E-state index in [1.165, 1.54) is 43.8 Å². The van der Waals surface area contributed by atoms with Gasteiger partial charge in [0.15, 0.2) is 0 Å². The zero-order valence-electron chi connectivity index (χ0n) is 80.5. The van der Waals surface area contributed by atoms with Gasteiger partial charge < -0.3 is 28.1 Å². The quantitative estimate of drug-likeness (QED) is 0.0956. The van der Waals surface area contributed by atoms with Gasteiger partial charge in [0.1, 0.15) is 0 Å². The second kappa shape index (κ2) is 29.7. The minimum atomic E-state index is -0.493. The van der Waals surface area contributed by atoms with E-state index in [-0.39, 0.29) is 62.2 Å². The first-order valence-electron chi connectivity index (χ1n) is 48.3. The van der Waals surface area contributed by atoms with Crippen molar-refractivity contribution in [2.45, 2.75) is 105 Å². The molecule has 2 aliphatic rings. The molecule has 0 bridgehead atoms. The van der Waals surface area contributed by atoms with Crippen LogP contribution < -0.4 is 26.2 Å². The molecular formula is C119H99BN6. The number of benzene rings is 17. The monoisotopic (exact) mass is 1630 g/mol. The van der Waals surface area contributed by atoms with Crippen molar-refractivity contribution in [1.82, 2.24) is 18.3 Å². The molecule has 0 N–H and O–H groups in total. The van der Waals surface area contributed by atoms with E-state index >= 15 is 0 Å². The lowest BCUT2D eigenvalue weighted by Gasteiger charge is -2.45. The summed E-state index contributed by atoms with van der Waals surface area (Å²) in [7, 11) is 0. The van der Waals surface area contributed by atoms with Crippen LogP contribution in [-0.4, -0.2) is 31.5 Å². The lowest BCUT2D eigenvalue weighted by Crippen LogP contribution is -2.62. The van der Waals surface area contributed by atoms with Gasteiger partial charge in [0, 0.05) is 125 Å². The number of rotatable bonds is 15. The summed E-state index contributed by atoms with van der Waals surface area (Å²) in [6.45, 7) is 22.2. The van der Waals surface area contributed by atoms with Crippen molar-refractivity contribution in [3.8, 4) is 55.9 Å². The van der Waals surface area contributed by atoms with Crippen molar-refractivity contribution in [2.75, 3.05) is 16.3 Å². The predicted molar refractivity (Wildman–Crippen MR) is 537 cm³/mol. The van der Waals surface area contributed by atoms with Gasteiger partial charge in [0.2, 0.25) is 0 Å². The Hall–Kier alpha value is -14.4. The summed E-state index contributed by atoms with van der Waals surface area (Å²) in [6.07, 6.45) is 0.550. The maximum atomic E-state index is 9.95. The first-order valence-corrected chi connectivity index (χ1v) is 44.3. The van der Waals surface area contributed by atoms with E-state index in [1.807, 2.05) is 6.07 Å². The first kappa shape index (κ1) is 68.1. The highest BCUT2D eigenvalue weighted by Gasteiger charge is 2.44. The van der Waals surface area contributed by atoms with Gasteiger partial charge in [-0.05, 0) is 232 Å². The van der Waals surface area contributed by atoms with E-state index in [0.29, 0.717) is 38.3 Å². The molecule has 6 nitrogen and oxygen atoms in total. The largest absolute Gasteiger partial charge is 0.342 e. The fourth-order valence-electron chi connectivity index (χ4n) is 20.6. The van der Waals surface area contributed by atoms with Crippen LogP contribution >= 0.6 is 0 Å². The Morgan fingerprint density at radius 3 is 1.21 bits per heavy atom. The maximum Gasteiger partial charge on any atom is 0.252 e. The second-order valence-corrected chi connectivity index (χ2v) is 37.8. The molecule has 608 valence electrons. The highest BCUT2D eigenvalue weighted by Crippen LogP contribution is 2.48. The number of nitrogens with zero attached hydrogens (tertiary/aromatic N) is 6. The molecule has 0 saturated heterocycles. The van der Waals surface area contributed by atoms with Crippen LogP contribution in [0.4, 0.5) is 22.7 Å². The number of hydrogen-bond donors (Lipinski definition) is 0. The van der Waals surface area contributed by atoms with Crippen LogP contribution in [-0.2, 0) is 42.3 Å². The smallest absolute Gasteiger partial charge is 0.252 e. The van der Waals surface area contributed by atoms with E-state index in [4.69, 9.17) is 0 Å². The highest BCUT2D eigenvalue weighted by molar-refractivity contribution is 7.00. The molecule has 2 aliphatic heterocycles. The first-order chi connectivity index (χ1) is 64.7. The second-order valence-electron chi connectivity index (χ2n) is 37.8. The van der Waals surface area contributed by atoms with E-state index < -0.39 is 30.9 Å². The average Bonchev–Trinajstić information content (AvgIpc) is 1.17. The summed E-state index contributed by atoms with van der Waals surface area (Å²) in [4.78, 5) is 5.19. The van der Waals surface area contributed by atoms with Crippen molar-refractivity contribution < 1.29 is 11.0 Å². The fourth-order valence-corrected chi connectivity index (χ4v) is 20.6. The van der Waals surface area contributed by atoms with E-state index in [0.717, 1.165) is 150 Å². The normalized spacial score (nSPS) is 13.8. The molecule has 126 heavy (non-hydrogen) atoms. The fraction of sp³-hybridized carbons (Fsp3) is 0.143. The van der Waals surface area contributed by atoms with Gasteiger partial charge in [0.25, 0.3) is 6.71 Å². The molecule has 7 heteroatoms. The predicted octanol–water partition coefficient (Wildman–Crippen LogP) is 28.6. The molecule has 0 saturated carbocycles. The molecule has 0 radical (unpaired) electrons. The summed E-state index contributed by atoms with van der Waals surface area (Å²) >= 11 is 0. The summed E-state index contributed by atoms with van der Waals surface area (Å²) in [6, 6.07) is 118. The third kappa shape index (κ3) is 12.9. The third-order valence-electron chi connectivity index (χ3n) is 27.0. The lowest BCUT2D eigenvalue weighted by molar-refractivity contribution is 0.590. The highest BCUT2D eigenvalue weighted by atomic mass is 15.2. The van der Waals surface area contributed by atoms with Crippen molar-refractivity contribution in [1.29, 1.82) is 0 Å². The molecule has 0 spiro atoms. The van der Waals surface area contributed by atoms with Crippen LogP contribution in [0, 0.1) is 0 Å². The molecule has 6 heterocycles. The molecule has 4 aromatic heterocycles. The van der Waals surface area contributed by atoms with Crippen LogP contribution in [0.15, 0.2) is 376 Å². The summed E-state index contributed by atoms with van der Waals surface area (Å²) in [5.74, 6) is 0. The molecule has 0 aliphatic carbocycles. The van der Waals surface area contributed by atoms with Gasteiger partial charge in [0.05, 0.1) is 33.0 Å². The van der Waals surface area contributed by atoms with Crippen LogP contribution in [0.2, 0.25) is 0 Å². The van der Waals surface area contributed by atoms with Gasteiger partial charge in [-0.15, -0.1) is 0 Å². The van der Waals surface area contributed by atoms with Crippen LogP contribution in [0.25, 0.3) is 143 Å². The van der Waals surface area contributed by atoms with Crippen molar-refractivity contribution >= 4 is 133 Å². The molecular weight excluding hydrogens is 1520 g/mol. The topological polar surface area (TPSA) is 26.2 Å². The van der Waals surface area contributed by atoms with Crippen LogP contribution in [0.5, 0.6) is 0 Å². The molecule has 23 rings (SSSR count). The minimum absolute atomic E-state index is 0.0222. The zero-order chi connectivity index (χ0) is 92.0. The van der Waals surface area contributed by atoms with E-state index in [1.54, 1.807) is 4.57 Å². The maximum absolute atomic E-state index is 9.95. The Kier molecular flexibility index (Phi) is 16.0. The van der Waals surface area contributed by atoms with Crippen molar-refractivity contribution in [3.63, 3.8) is 0 Å². The molecule has 0 unspecified atom stereocenters. The molecule has 17 aromatic carbocycles. The molecule has 0 amide bonds. The van der Waals surface area contributed by atoms with Gasteiger partial charge >= 0.3 is 0 Å². The summed E-state index contributed by atoms with van der Waals surface area (Å²) in [5.41, 5.74) is 32.2. The number of anilines is 4. The zero-order valence-corrected chi connectivity index (χ0v) is 72.5. The Morgan fingerprint density at radius 1 is 0.270 bits per heavy atom. The van der Waals surface area contributed by atoms with Crippen LogP contribution in [0.3, 0.4) is 0 Å². The van der Waals surface area contributed by atoms with Crippen molar-refractivity contribution in [3.05, 3.63) is 415 Å². The molecule has 21 aromatic rings. The van der Waals surface area contributed by atoms with E-state index in [9.17, 15) is 11.0 Å².